The second-order valence-electron chi connectivity index (χ2n) is 9.04. The topological polar surface area (TPSA) is 108 Å². The fourth-order valence-corrected chi connectivity index (χ4v) is 4.94. The van der Waals surface area contributed by atoms with Crippen molar-refractivity contribution in [2.75, 3.05) is 26.4 Å². The van der Waals surface area contributed by atoms with E-state index in [2.05, 4.69) is 13.2 Å². The van der Waals surface area contributed by atoms with Crippen LogP contribution in [-0.4, -0.2) is 61.1 Å². The molecule has 2 aromatic rings. The van der Waals surface area contributed by atoms with Crippen LogP contribution in [0.5, 0.6) is 11.5 Å². The van der Waals surface area contributed by atoms with Gasteiger partial charge in [-0.2, -0.15) is 0 Å². The van der Waals surface area contributed by atoms with E-state index in [1.165, 1.54) is 4.90 Å². The van der Waals surface area contributed by atoms with Gasteiger partial charge in [0.05, 0.1) is 5.39 Å². The number of esters is 2. The average molecular weight is 522 g/mol. The number of amides is 2. The van der Waals surface area contributed by atoms with E-state index in [0.717, 1.165) is 50.7 Å². The molecule has 9 nitrogen and oxygen atoms in total. The van der Waals surface area contributed by atoms with E-state index >= 15 is 0 Å². The maximum Gasteiger partial charge on any atom is 0.330 e. The number of carbonyl (C=O) groups is 4. The first kappa shape index (κ1) is 26.9. The molecule has 1 fully saturated rings. The van der Waals surface area contributed by atoms with Crippen LogP contribution < -0.4 is 9.47 Å². The summed E-state index contributed by atoms with van der Waals surface area (Å²) in [6.07, 6.45) is 7.88. The van der Waals surface area contributed by atoms with Gasteiger partial charge in [0.15, 0.2) is 0 Å². The molecule has 38 heavy (non-hydrogen) atoms. The number of benzene rings is 2. The van der Waals surface area contributed by atoms with Crippen LogP contribution in [0.25, 0.3) is 10.8 Å². The van der Waals surface area contributed by atoms with Crippen molar-refractivity contribution in [1.29, 1.82) is 0 Å². The molecule has 9 heteroatoms. The van der Waals surface area contributed by atoms with Gasteiger partial charge in [-0.3, -0.25) is 14.5 Å². The predicted molar refractivity (Wildman–Crippen MR) is 139 cm³/mol. The van der Waals surface area contributed by atoms with Crippen LogP contribution in [0, 0.1) is 0 Å². The molecule has 1 aliphatic heterocycles. The van der Waals surface area contributed by atoms with Crippen molar-refractivity contribution in [3.8, 4) is 11.5 Å². The van der Waals surface area contributed by atoms with Crippen molar-refractivity contribution in [2.24, 2.45) is 0 Å². The molecule has 200 valence electrons. The van der Waals surface area contributed by atoms with Crippen molar-refractivity contribution < 1.29 is 38.1 Å². The zero-order chi connectivity index (χ0) is 27.1. The Labute approximate surface area is 221 Å². The van der Waals surface area contributed by atoms with Crippen LogP contribution in [0.3, 0.4) is 0 Å². The molecule has 2 amide bonds. The first-order chi connectivity index (χ1) is 18.5. The SMILES string of the molecule is C=CC(=O)OCCOc1ccc2c3c(ccc(OCCOC(=O)C=C)c13)C(=O)N(C1CCCCCC1)C2=O. The number of hydrogen-bond donors (Lipinski definition) is 0. The number of ether oxygens (including phenoxy) is 4. The van der Waals surface area contributed by atoms with Crippen LogP contribution in [0.4, 0.5) is 0 Å². The quantitative estimate of drug-likeness (QED) is 0.141. The highest BCUT2D eigenvalue weighted by atomic mass is 16.6. The van der Waals surface area contributed by atoms with Gasteiger partial charge < -0.3 is 18.9 Å². The Balaban J connectivity index is 1.68. The molecule has 0 bridgehead atoms. The minimum absolute atomic E-state index is 0.0190. The van der Waals surface area contributed by atoms with Gasteiger partial charge in [-0.05, 0) is 37.1 Å². The summed E-state index contributed by atoms with van der Waals surface area (Å²) in [6.45, 7) is 6.75. The number of carbonyl (C=O) groups excluding carboxylic acids is 4. The zero-order valence-corrected chi connectivity index (χ0v) is 21.2. The van der Waals surface area contributed by atoms with Crippen molar-refractivity contribution in [2.45, 2.75) is 44.6 Å². The number of nitrogens with zero attached hydrogens (tertiary/aromatic N) is 1. The summed E-state index contributed by atoms with van der Waals surface area (Å²) in [4.78, 5) is 51.5. The van der Waals surface area contributed by atoms with Crippen LogP contribution in [0.2, 0.25) is 0 Å². The lowest BCUT2D eigenvalue weighted by atomic mass is 9.91. The molecular formula is C29H31NO8. The molecule has 0 saturated heterocycles. The van der Waals surface area contributed by atoms with E-state index in [1.807, 2.05) is 0 Å². The molecule has 2 aliphatic rings. The first-order valence-corrected chi connectivity index (χ1v) is 12.8. The summed E-state index contributed by atoms with van der Waals surface area (Å²) in [5.41, 5.74) is 0.792. The van der Waals surface area contributed by atoms with Gasteiger partial charge in [-0.15, -0.1) is 0 Å². The second kappa shape index (κ2) is 12.4. The van der Waals surface area contributed by atoms with Gasteiger partial charge in [-0.1, -0.05) is 38.8 Å². The maximum atomic E-state index is 13.7. The molecule has 0 unspecified atom stereocenters. The molecule has 0 aromatic heterocycles. The van der Waals surface area contributed by atoms with Crippen LogP contribution >= 0.6 is 0 Å². The van der Waals surface area contributed by atoms with Crippen LogP contribution in [0.15, 0.2) is 49.6 Å². The molecule has 1 heterocycles. The molecule has 4 rings (SSSR count). The molecule has 2 aromatic carbocycles. The Morgan fingerprint density at radius 3 is 1.66 bits per heavy atom. The van der Waals surface area contributed by atoms with E-state index in [9.17, 15) is 19.2 Å². The summed E-state index contributed by atoms with van der Waals surface area (Å²) >= 11 is 0. The minimum atomic E-state index is -0.571. The van der Waals surface area contributed by atoms with Gasteiger partial charge in [-0.25, -0.2) is 9.59 Å². The Morgan fingerprint density at radius 2 is 1.21 bits per heavy atom. The van der Waals surface area contributed by atoms with Crippen LogP contribution in [0.1, 0.15) is 59.2 Å². The largest absolute Gasteiger partial charge is 0.489 e. The smallest absolute Gasteiger partial charge is 0.330 e. The third kappa shape index (κ3) is 5.72. The summed E-state index contributed by atoms with van der Waals surface area (Å²) in [7, 11) is 0. The number of hydrogen-bond acceptors (Lipinski definition) is 8. The molecule has 0 spiro atoms. The highest BCUT2D eigenvalue weighted by Crippen LogP contribution is 2.42. The standard InChI is InChI=1S/C29H31NO8/c1-3-24(31)37-17-15-35-22-13-11-20-26-21(12-14-23(27(22)26)36-16-18-38-25(32)4-2)29(34)30(28(20)33)19-9-7-5-6-8-10-19/h3-4,11-14,19H,1-2,5-10,15-18H2. The summed E-state index contributed by atoms with van der Waals surface area (Å²) in [6, 6.07) is 6.49. The third-order valence-electron chi connectivity index (χ3n) is 6.68. The lowest BCUT2D eigenvalue weighted by molar-refractivity contribution is -0.139. The maximum absolute atomic E-state index is 13.7. The van der Waals surface area contributed by atoms with E-state index in [-0.39, 0.29) is 44.3 Å². The normalized spacial score (nSPS) is 15.5. The fourth-order valence-electron chi connectivity index (χ4n) is 4.94. The van der Waals surface area contributed by atoms with Gasteiger partial charge in [0.2, 0.25) is 0 Å². The highest BCUT2D eigenvalue weighted by Gasteiger charge is 2.38. The van der Waals surface area contributed by atoms with Crippen molar-refractivity contribution in [3.05, 3.63) is 60.7 Å². The Bertz CT molecular complexity index is 1180. The van der Waals surface area contributed by atoms with Crippen LogP contribution in [-0.2, 0) is 19.1 Å². The van der Waals surface area contributed by atoms with E-state index < -0.39 is 11.9 Å². The van der Waals surface area contributed by atoms with Crippen molar-refractivity contribution in [3.63, 3.8) is 0 Å². The lowest BCUT2D eigenvalue weighted by Gasteiger charge is -2.34. The molecule has 0 radical (unpaired) electrons. The van der Waals surface area contributed by atoms with E-state index in [0.29, 0.717) is 33.4 Å². The second-order valence-corrected chi connectivity index (χ2v) is 9.04. The minimum Gasteiger partial charge on any atom is -0.489 e. The van der Waals surface area contributed by atoms with Gasteiger partial charge in [0.1, 0.15) is 37.9 Å². The Kier molecular flexibility index (Phi) is 8.78. The summed E-state index contributed by atoms with van der Waals surface area (Å²) in [5.74, 6) is -1.08. The zero-order valence-electron chi connectivity index (χ0n) is 21.2. The van der Waals surface area contributed by atoms with E-state index in [4.69, 9.17) is 18.9 Å². The number of imide groups is 1. The molecule has 0 atom stereocenters. The predicted octanol–water partition coefficient (Wildman–Crippen LogP) is 4.37. The third-order valence-corrected chi connectivity index (χ3v) is 6.68. The van der Waals surface area contributed by atoms with Gasteiger partial charge >= 0.3 is 11.9 Å². The molecular weight excluding hydrogens is 490 g/mol. The summed E-state index contributed by atoms with van der Waals surface area (Å²) < 4.78 is 21.8. The summed E-state index contributed by atoms with van der Waals surface area (Å²) in [5, 5.41) is 0.901. The Morgan fingerprint density at radius 1 is 0.737 bits per heavy atom. The van der Waals surface area contributed by atoms with Gasteiger partial charge in [0.25, 0.3) is 11.8 Å². The van der Waals surface area contributed by atoms with Gasteiger partial charge in [0, 0.05) is 34.7 Å². The average Bonchev–Trinajstić information content (AvgIpc) is 3.21. The monoisotopic (exact) mass is 521 g/mol. The van der Waals surface area contributed by atoms with Crippen molar-refractivity contribution >= 4 is 34.5 Å². The Hall–Kier alpha value is -4.14. The van der Waals surface area contributed by atoms with Crippen molar-refractivity contribution in [1.82, 2.24) is 4.90 Å². The number of rotatable bonds is 11. The first-order valence-electron chi connectivity index (χ1n) is 12.8. The molecule has 1 aliphatic carbocycles. The molecule has 1 saturated carbocycles. The lowest BCUT2D eigenvalue weighted by Crippen LogP contribution is -2.47. The molecule has 0 N–H and O–H groups in total. The fraction of sp³-hybridized carbons (Fsp3) is 0.379. The van der Waals surface area contributed by atoms with E-state index in [1.54, 1.807) is 24.3 Å². The highest BCUT2D eigenvalue weighted by molar-refractivity contribution is 6.27.